The Labute approximate surface area is 158 Å². The molecule has 1 amide bonds. The topological polar surface area (TPSA) is 100 Å². The number of nitrogens with two attached hydrogens (primary N) is 1. The molecule has 6 nitrogen and oxygen atoms in total. The summed E-state index contributed by atoms with van der Waals surface area (Å²) >= 11 is 0. The van der Waals surface area contributed by atoms with Crippen molar-refractivity contribution in [3.63, 3.8) is 0 Å². The van der Waals surface area contributed by atoms with Crippen molar-refractivity contribution in [1.82, 2.24) is 5.32 Å². The van der Waals surface area contributed by atoms with Crippen LogP contribution in [-0.4, -0.2) is 31.3 Å². The van der Waals surface area contributed by atoms with Crippen LogP contribution in [0.15, 0.2) is 65.9 Å². The Morgan fingerprint density at radius 2 is 1.89 bits per heavy atom. The third-order valence-corrected chi connectivity index (χ3v) is 4.55. The van der Waals surface area contributed by atoms with Crippen molar-refractivity contribution in [2.75, 3.05) is 25.0 Å². The highest BCUT2D eigenvalue weighted by atomic mass is 16.5. The van der Waals surface area contributed by atoms with E-state index in [4.69, 9.17) is 15.9 Å². The molecule has 1 atom stereocenters. The smallest absolute Gasteiger partial charge is 0.271 e. The molecule has 0 aromatic heterocycles. The quantitative estimate of drug-likeness (QED) is 0.484. The van der Waals surface area contributed by atoms with Gasteiger partial charge >= 0.3 is 0 Å². The number of carbonyl (C=O) groups is 1. The van der Waals surface area contributed by atoms with Crippen LogP contribution in [-0.2, 0) is 9.53 Å². The number of benzene rings is 2. The van der Waals surface area contributed by atoms with Crippen LogP contribution < -0.4 is 16.4 Å². The Kier molecular flexibility index (Phi) is 6.01. The number of amides is 1. The molecule has 140 valence electrons. The van der Waals surface area contributed by atoms with Gasteiger partial charge in [-0.1, -0.05) is 42.5 Å². The Morgan fingerprint density at radius 3 is 2.52 bits per heavy atom. The van der Waals surface area contributed by atoms with Crippen LogP contribution >= 0.6 is 0 Å². The molecule has 5 N–H and O–H groups in total. The molecule has 1 saturated heterocycles. The first-order valence-corrected chi connectivity index (χ1v) is 8.90. The molecule has 2 aromatic carbocycles. The minimum absolute atomic E-state index is 0.0297. The van der Waals surface area contributed by atoms with E-state index in [0.29, 0.717) is 17.9 Å². The molecule has 1 heterocycles. The first kappa shape index (κ1) is 18.8. The van der Waals surface area contributed by atoms with Crippen LogP contribution in [0.25, 0.3) is 0 Å². The molecule has 0 spiro atoms. The summed E-state index contributed by atoms with van der Waals surface area (Å²) in [5.74, 6) is -0.420. The highest BCUT2D eigenvalue weighted by Crippen LogP contribution is 2.21. The summed E-state index contributed by atoms with van der Waals surface area (Å²) in [7, 11) is 0. The van der Waals surface area contributed by atoms with Gasteiger partial charge in [0.15, 0.2) is 0 Å². The Bertz CT molecular complexity index is 838. The Hall–Kier alpha value is -2.96. The molecular weight excluding hydrogens is 340 g/mol. The van der Waals surface area contributed by atoms with E-state index in [-0.39, 0.29) is 17.5 Å². The zero-order valence-electron chi connectivity index (χ0n) is 15.3. The SMILES string of the molecule is CC(C(=N)c1ccccc1)=C(N)C(=O)Nc1ccc([C@H]2CNCCO2)cc1. The van der Waals surface area contributed by atoms with Gasteiger partial charge in [0.2, 0.25) is 0 Å². The summed E-state index contributed by atoms with van der Waals surface area (Å²) in [6.07, 6.45) is 0.0297. The fourth-order valence-electron chi connectivity index (χ4n) is 2.89. The van der Waals surface area contributed by atoms with Crippen LogP contribution in [0.4, 0.5) is 5.69 Å². The second kappa shape index (κ2) is 8.62. The van der Waals surface area contributed by atoms with E-state index in [2.05, 4.69) is 10.6 Å². The number of morpholine rings is 1. The van der Waals surface area contributed by atoms with E-state index in [0.717, 1.165) is 24.2 Å². The van der Waals surface area contributed by atoms with E-state index in [9.17, 15) is 4.79 Å². The van der Waals surface area contributed by atoms with Gasteiger partial charge in [-0.05, 0) is 30.2 Å². The highest BCUT2D eigenvalue weighted by Gasteiger charge is 2.16. The average molecular weight is 364 g/mol. The second-order valence-electron chi connectivity index (χ2n) is 6.42. The summed E-state index contributed by atoms with van der Waals surface area (Å²) in [4.78, 5) is 12.5. The number of hydrogen-bond acceptors (Lipinski definition) is 5. The Morgan fingerprint density at radius 1 is 1.19 bits per heavy atom. The van der Waals surface area contributed by atoms with Crippen LogP contribution in [0.2, 0.25) is 0 Å². The molecule has 6 heteroatoms. The van der Waals surface area contributed by atoms with Gasteiger partial charge in [0, 0.05) is 24.4 Å². The van der Waals surface area contributed by atoms with E-state index >= 15 is 0 Å². The van der Waals surface area contributed by atoms with Gasteiger partial charge in [0.25, 0.3) is 5.91 Å². The van der Waals surface area contributed by atoms with E-state index < -0.39 is 5.91 Å². The molecule has 1 fully saturated rings. The van der Waals surface area contributed by atoms with Crippen LogP contribution in [0.3, 0.4) is 0 Å². The predicted octanol–water partition coefficient (Wildman–Crippen LogP) is 2.59. The molecule has 27 heavy (non-hydrogen) atoms. The summed E-state index contributed by atoms with van der Waals surface area (Å²) in [6.45, 7) is 4.02. The van der Waals surface area contributed by atoms with Crippen LogP contribution in [0.5, 0.6) is 0 Å². The number of rotatable bonds is 5. The minimum Gasteiger partial charge on any atom is -0.394 e. The maximum atomic E-state index is 12.5. The average Bonchev–Trinajstić information content (AvgIpc) is 2.74. The highest BCUT2D eigenvalue weighted by molar-refractivity contribution is 6.16. The minimum atomic E-state index is -0.420. The number of hydrogen-bond donors (Lipinski definition) is 4. The van der Waals surface area contributed by atoms with Crippen molar-refractivity contribution in [1.29, 1.82) is 5.41 Å². The van der Waals surface area contributed by atoms with Gasteiger partial charge in [-0.15, -0.1) is 0 Å². The molecule has 0 bridgehead atoms. The molecule has 1 aliphatic rings. The molecular formula is C21H24N4O2. The lowest BCUT2D eigenvalue weighted by molar-refractivity contribution is -0.112. The van der Waals surface area contributed by atoms with Gasteiger partial charge in [-0.25, -0.2) is 0 Å². The van der Waals surface area contributed by atoms with Crippen LogP contribution in [0.1, 0.15) is 24.2 Å². The molecule has 1 aliphatic heterocycles. The third kappa shape index (κ3) is 4.61. The summed E-state index contributed by atoms with van der Waals surface area (Å²) in [5.41, 5.74) is 9.13. The van der Waals surface area contributed by atoms with Gasteiger partial charge in [-0.2, -0.15) is 0 Å². The second-order valence-corrected chi connectivity index (χ2v) is 6.42. The number of allylic oxidation sites excluding steroid dienone is 1. The first-order chi connectivity index (χ1) is 13.1. The van der Waals surface area contributed by atoms with Gasteiger partial charge in [-0.3, -0.25) is 10.2 Å². The molecule has 3 rings (SSSR count). The number of carbonyl (C=O) groups excluding carboxylic acids is 1. The van der Waals surface area contributed by atoms with Crippen molar-refractivity contribution < 1.29 is 9.53 Å². The normalized spacial score (nSPS) is 17.7. The van der Waals surface area contributed by atoms with Gasteiger partial charge < -0.3 is 21.1 Å². The van der Waals surface area contributed by atoms with E-state index in [1.54, 1.807) is 6.92 Å². The molecule has 0 unspecified atom stereocenters. The lowest BCUT2D eigenvalue weighted by Crippen LogP contribution is -2.33. The van der Waals surface area contributed by atoms with Crippen molar-refractivity contribution in [3.8, 4) is 0 Å². The number of anilines is 1. The summed E-state index contributed by atoms with van der Waals surface area (Å²) in [5, 5.41) is 14.3. The number of nitrogens with one attached hydrogen (secondary N) is 3. The molecule has 2 aromatic rings. The number of ether oxygens (including phenoxy) is 1. The fourth-order valence-corrected chi connectivity index (χ4v) is 2.89. The van der Waals surface area contributed by atoms with Crippen molar-refractivity contribution in [2.24, 2.45) is 5.73 Å². The van der Waals surface area contributed by atoms with E-state index in [1.165, 1.54) is 0 Å². The van der Waals surface area contributed by atoms with Crippen molar-refractivity contribution in [3.05, 3.63) is 77.0 Å². The van der Waals surface area contributed by atoms with Gasteiger partial charge in [0.05, 0.1) is 18.4 Å². The monoisotopic (exact) mass is 364 g/mol. The molecule has 0 saturated carbocycles. The van der Waals surface area contributed by atoms with Crippen molar-refractivity contribution >= 4 is 17.3 Å². The maximum Gasteiger partial charge on any atom is 0.271 e. The molecule has 0 radical (unpaired) electrons. The fraction of sp³-hybridized carbons (Fsp3) is 0.238. The lowest BCUT2D eigenvalue weighted by Gasteiger charge is -2.24. The lowest BCUT2D eigenvalue weighted by atomic mass is 10.0. The van der Waals surface area contributed by atoms with Gasteiger partial charge in [0.1, 0.15) is 5.70 Å². The zero-order chi connectivity index (χ0) is 19.2. The molecule has 0 aliphatic carbocycles. The summed E-state index contributed by atoms with van der Waals surface area (Å²) < 4.78 is 5.72. The largest absolute Gasteiger partial charge is 0.394 e. The van der Waals surface area contributed by atoms with Crippen molar-refractivity contribution in [2.45, 2.75) is 13.0 Å². The van der Waals surface area contributed by atoms with Crippen LogP contribution in [0, 0.1) is 5.41 Å². The zero-order valence-corrected chi connectivity index (χ0v) is 15.3. The van der Waals surface area contributed by atoms with E-state index in [1.807, 2.05) is 54.6 Å². The summed E-state index contributed by atoms with van der Waals surface area (Å²) in [6, 6.07) is 16.7. The predicted molar refractivity (Wildman–Crippen MR) is 107 cm³/mol. The Balaban J connectivity index is 1.67. The standard InChI is InChI=1S/C21H24N4O2/c1-14(19(22)16-5-3-2-4-6-16)20(23)21(26)25-17-9-7-15(8-10-17)18-13-24-11-12-27-18/h2-10,18,22,24H,11-13,23H2,1H3,(H,25,26)/t18-/m1/s1. The maximum absolute atomic E-state index is 12.5. The third-order valence-electron chi connectivity index (χ3n) is 4.55. The first-order valence-electron chi connectivity index (χ1n) is 8.90.